The molecule has 3 heteroatoms. The van der Waals surface area contributed by atoms with Crippen molar-refractivity contribution >= 4 is 5.97 Å². The van der Waals surface area contributed by atoms with Crippen LogP contribution in [0.5, 0.6) is 5.75 Å². The van der Waals surface area contributed by atoms with Crippen LogP contribution < -0.4 is 4.74 Å². The molecule has 24 heavy (non-hydrogen) atoms. The predicted molar refractivity (Wildman–Crippen MR) is 95.3 cm³/mol. The van der Waals surface area contributed by atoms with E-state index in [1.807, 2.05) is 12.1 Å². The zero-order valence-corrected chi connectivity index (χ0v) is 14.9. The molecule has 0 atom stereocenters. The van der Waals surface area contributed by atoms with E-state index in [2.05, 4.69) is 12.1 Å². The van der Waals surface area contributed by atoms with Crippen molar-refractivity contribution in [2.75, 3.05) is 13.7 Å². The number of carbonyl (C=O) groups is 1. The van der Waals surface area contributed by atoms with E-state index in [-0.39, 0.29) is 5.97 Å². The maximum Gasteiger partial charge on any atom is 0.316 e. The highest BCUT2D eigenvalue weighted by Gasteiger charge is 2.43. The smallest absolute Gasteiger partial charge is 0.316 e. The highest BCUT2D eigenvalue weighted by atomic mass is 16.5. The Morgan fingerprint density at radius 2 is 1.71 bits per heavy atom. The predicted octanol–water partition coefficient (Wildman–Crippen LogP) is 5.02. The van der Waals surface area contributed by atoms with Gasteiger partial charge in [-0.2, -0.15) is 0 Å². The van der Waals surface area contributed by atoms with Gasteiger partial charge in [0.05, 0.1) is 19.1 Å². The lowest BCUT2D eigenvalue weighted by Gasteiger charge is -2.26. The Bertz CT molecular complexity index is 523. The molecule has 0 radical (unpaired) electrons. The summed E-state index contributed by atoms with van der Waals surface area (Å²) in [5.74, 6) is 1.66. The minimum absolute atomic E-state index is 0.0917. The minimum atomic E-state index is -0.435. The van der Waals surface area contributed by atoms with Gasteiger partial charge in [0.15, 0.2) is 0 Å². The molecular weight excluding hydrogens is 300 g/mol. The van der Waals surface area contributed by atoms with E-state index < -0.39 is 5.41 Å². The zero-order valence-electron chi connectivity index (χ0n) is 14.9. The van der Waals surface area contributed by atoms with E-state index in [0.717, 1.165) is 55.9 Å². The molecule has 0 aromatic heterocycles. The lowest BCUT2D eigenvalue weighted by Crippen LogP contribution is -2.33. The summed E-state index contributed by atoms with van der Waals surface area (Å²) in [6, 6.07) is 8.13. The van der Waals surface area contributed by atoms with Crippen LogP contribution in [0.3, 0.4) is 0 Å². The van der Waals surface area contributed by atoms with Crippen LogP contribution in [0.1, 0.15) is 69.8 Å². The summed E-state index contributed by atoms with van der Waals surface area (Å²) in [5.41, 5.74) is 0.640. The van der Waals surface area contributed by atoms with Crippen LogP contribution in [-0.4, -0.2) is 19.7 Å². The van der Waals surface area contributed by atoms with E-state index in [1.54, 1.807) is 0 Å². The van der Waals surface area contributed by atoms with Crippen LogP contribution in [0.4, 0.5) is 0 Å². The van der Waals surface area contributed by atoms with Crippen molar-refractivity contribution in [3.05, 3.63) is 29.8 Å². The molecule has 132 valence electrons. The maximum absolute atomic E-state index is 12.3. The number of hydrogen-bond acceptors (Lipinski definition) is 3. The first-order valence-electron chi connectivity index (χ1n) is 9.56. The first-order chi connectivity index (χ1) is 11.7. The SMILES string of the molecule is COC(=O)C1(c2ccc(OCCC3CCCCC3)cc2)CCCC1. The van der Waals surface area contributed by atoms with Gasteiger partial charge in [0, 0.05) is 0 Å². The number of esters is 1. The summed E-state index contributed by atoms with van der Waals surface area (Å²) in [6.07, 6.45) is 12.0. The van der Waals surface area contributed by atoms with Crippen LogP contribution in [0.2, 0.25) is 0 Å². The standard InChI is InChI=1S/C21H30O3/c1-23-20(22)21(14-5-6-15-21)18-9-11-19(12-10-18)24-16-13-17-7-3-2-4-8-17/h9-12,17H,2-8,13-16H2,1H3. The van der Waals surface area contributed by atoms with Crippen LogP contribution >= 0.6 is 0 Å². The fraction of sp³-hybridized carbons (Fsp3) is 0.667. The van der Waals surface area contributed by atoms with Gasteiger partial charge in [0.1, 0.15) is 5.75 Å². The van der Waals surface area contributed by atoms with Gasteiger partial charge in [-0.05, 0) is 42.9 Å². The molecule has 0 saturated heterocycles. The van der Waals surface area contributed by atoms with Crippen LogP contribution in [-0.2, 0) is 14.9 Å². The molecule has 2 fully saturated rings. The van der Waals surface area contributed by atoms with Crippen LogP contribution in [0.25, 0.3) is 0 Å². The number of hydrogen-bond donors (Lipinski definition) is 0. The van der Waals surface area contributed by atoms with Crippen LogP contribution in [0, 0.1) is 5.92 Å². The molecule has 0 bridgehead atoms. The highest BCUT2D eigenvalue weighted by Crippen LogP contribution is 2.42. The third kappa shape index (κ3) is 3.76. The second kappa shape index (κ2) is 8.04. The van der Waals surface area contributed by atoms with Crippen LogP contribution in [0.15, 0.2) is 24.3 Å². The van der Waals surface area contributed by atoms with Gasteiger partial charge in [-0.25, -0.2) is 0 Å². The van der Waals surface area contributed by atoms with Gasteiger partial charge in [-0.15, -0.1) is 0 Å². The Morgan fingerprint density at radius 1 is 1.04 bits per heavy atom. The van der Waals surface area contributed by atoms with E-state index in [1.165, 1.54) is 39.2 Å². The summed E-state index contributed by atoms with van der Waals surface area (Å²) < 4.78 is 11.0. The molecule has 0 heterocycles. The molecule has 0 aliphatic heterocycles. The normalized spacial score (nSPS) is 20.7. The maximum atomic E-state index is 12.3. The summed E-state index contributed by atoms with van der Waals surface area (Å²) in [6.45, 7) is 0.798. The average molecular weight is 330 g/mol. The van der Waals surface area contributed by atoms with E-state index in [9.17, 15) is 4.79 Å². The Labute approximate surface area is 145 Å². The second-order valence-electron chi connectivity index (χ2n) is 7.45. The third-order valence-electron chi connectivity index (χ3n) is 5.96. The summed E-state index contributed by atoms with van der Waals surface area (Å²) in [5, 5.41) is 0. The quantitative estimate of drug-likeness (QED) is 0.687. The number of benzene rings is 1. The first-order valence-corrected chi connectivity index (χ1v) is 9.56. The van der Waals surface area contributed by atoms with Crippen molar-refractivity contribution < 1.29 is 14.3 Å². The molecule has 1 aromatic carbocycles. The van der Waals surface area contributed by atoms with Gasteiger partial charge >= 0.3 is 5.97 Å². The van der Waals surface area contributed by atoms with Gasteiger partial charge in [-0.3, -0.25) is 4.79 Å². The first kappa shape index (κ1) is 17.3. The fourth-order valence-electron chi connectivity index (χ4n) is 4.47. The number of rotatable bonds is 6. The van der Waals surface area contributed by atoms with E-state index in [4.69, 9.17) is 9.47 Å². The minimum Gasteiger partial charge on any atom is -0.494 e. The number of carbonyl (C=O) groups excluding carboxylic acids is 1. The number of ether oxygens (including phenoxy) is 2. The van der Waals surface area contributed by atoms with Crippen molar-refractivity contribution in [2.24, 2.45) is 5.92 Å². The molecule has 2 saturated carbocycles. The Balaban J connectivity index is 1.57. The topological polar surface area (TPSA) is 35.5 Å². The molecule has 0 unspecified atom stereocenters. The molecule has 2 aliphatic carbocycles. The lowest BCUT2D eigenvalue weighted by molar-refractivity contribution is -0.147. The average Bonchev–Trinajstić information content (AvgIpc) is 3.13. The summed E-state index contributed by atoms with van der Waals surface area (Å²) in [7, 11) is 1.49. The molecular formula is C21H30O3. The van der Waals surface area contributed by atoms with Gasteiger partial charge in [-0.1, -0.05) is 57.1 Å². The molecule has 3 nitrogen and oxygen atoms in total. The molecule has 3 rings (SSSR count). The highest BCUT2D eigenvalue weighted by molar-refractivity contribution is 5.83. The lowest BCUT2D eigenvalue weighted by atomic mass is 9.79. The van der Waals surface area contributed by atoms with E-state index in [0.29, 0.717) is 0 Å². The van der Waals surface area contributed by atoms with Gasteiger partial charge < -0.3 is 9.47 Å². The van der Waals surface area contributed by atoms with Crippen molar-refractivity contribution in [1.82, 2.24) is 0 Å². The molecule has 0 N–H and O–H groups in total. The Kier molecular flexibility index (Phi) is 5.80. The largest absolute Gasteiger partial charge is 0.494 e. The molecule has 0 amide bonds. The third-order valence-corrected chi connectivity index (χ3v) is 5.96. The monoisotopic (exact) mass is 330 g/mol. The van der Waals surface area contributed by atoms with E-state index >= 15 is 0 Å². The Morgan fingerprint density at radius 3 is 2.33 bits per heavy atom. The van der Waals surface area contributed by atoms with Gasteiger partial charge in [0.25, 0.3) is 0 Å². The van der Waals surface area contributed by atoms with Crippen molar-refractivity contribution in [3.63, 3.8) is 0 Å². The summed E-state index contributed by atoms with van der Waals surface area (Å²) >= 11 is 0. The van der Waals surface area contributed by atoms with Crippen molar-refractivity contribution in [1.29, 1.82) is 0 Å². The van der Waals surface area contributed by atoms with Crippen molar-refractivity contribution in [2.45, 2.75) is 69.6 Å². The number of methoxy groups -OCH3 is 1. The molecule has 2 aliphatic rings. The van der Waals surface area contributed by atoms with Gasteiger partial charge in [0.2, 0.25) is 0 Å². The second-order valence-corrected chi connectivity index (χ2v) is 7.45. The molecule has 0 spiro atoms. The van der Waals surface area contributed by atoms with Crippen molar-refractivity contribution in [3.8, 4) is 5.75 Å². The zero-order chi connectivity index (χ0) is 16.8. The molecule has 1 aromatic rings. The Hall–Kier alpha value is -1.51. The fourth-order valence-corrected chi connectivity index (χ4v) is 4.47. The summed E-state index contributed by atoms with van der Waals surface area (Å²) in [4.78, 5) is 12.3.